The van der Waals surface area contributed by atoms with Crippen LogP contribution in [-0.4, -0.2) is 25.4 Å². The van der Waals surface area contributed by atoms with E-state index in [9.17, 15) is 5.11 Å². The molecule has 3 atom stereocenters. The molecule has 2 aliphatic rings. The average Bonchev–Trinajstić information content (AvgIpc) is 3.15. The minimum atomic E-state index is 0.116. The van der Waals surface area contributed by atoms with Crippen LogP contribution in [0.5, 0.6) is 11.5 Å². The zero-order chi connectivity index (χ0) is 19.6. The van der Waals surface area contributed by atoms with Gasteiger partial charge in [0.2, 0.25) is 0 Å². The Kier molecular flexibility index (Phi) is 5.63. The second-order valence-electron chi connectivity index (χ2n) is 9.03. The Bertz CT molecular complexity index is 798. The molecule has 0 bridgehead atoms. The minimum absolute atomic E-state index is 0.116. The Hall–Kier alpha value is -2.00. The van der Waals surface area contributed by atoms with Crippen LogP contribution in [0.1, 0.15) is 55.2 Å². The largest absolute Gasteiger partial charge is 0.497 e. The summed E-state index contributed by atoms with van der Waals surface area (Å²) in [6, 6.07) is 15.0. The third-order valence-corrected chi connectivity index (χ3v) is 6.79. The number of hydrogen-bond donors (Lipinski definition) is 1. The highest BCUT2D eigenvalue weighted by atomic mass is 16.5. The van der Waals surface area contributed by atoms with Crippen molar-refractivity contribution in [3.05, 3.63) is 59.2 Å². The summed E-state index contributed by atoms with van der Waals surface area (Å²) in [7, 11) is 1.68. The monoisotopic (exact) mass is 380 g/mol. The zero-order valence-corrected chi connectivity index (χ0v) is 17.1. The summed E-state index contributed by atoms with van der Waals surface area (Å²) in [5, 5.41) is 9.65. The van der Waals surface area contributed by atoms with Crippen molar-refractivity contribution in [1.29, 1.82) is 0 Å². The number of rotatable bonds is 6. The molecule has 0 aromatic heterocycles. The van der Waals surface area contributed by atoms with Crippen LogP contribution in [0, 0.1) is 11.3 Å². The van der Waals surface area contributed by atoms with Crippen LogP contribution in [0.3, 0.4) is 0 Å². The van der Waals surface area contributed by atoms with Gasteiger partial charge in [-0.15, -0.1) is 0 Å². The molecular formula is C25H32O3. The molecule has 2 aromatic carbocycles. The second-order valence-corrected chi connectivity index (χ2v) is 9.03. The van der Waals surface area contributed by atoms with E-state index in [0.717, 1.165) is 43.8 Å². The molecule has 1 saturated carbocycles. The first-order chi connectivity index (χ1) is 13.6. The smallest absolute Gasteiger partial charge is 0.119 e. The maximum atomic E-state index is 9.65. The van der Waals surface area contributed by atoms with Gasteiger partial charge in [-0.2, -0.15) is 0 Å². The normalized spacial score (nSPS) is 26.7. The summed E-state index contributed by atoms with van der Waals surface area (Å²) in [6.07, 6.45) is 6.88. The van der Waals surface area contributed by atoms with E-state index in [4.69, 9.17) is 9.47 Å². The fourth-order valence-electron chi connectivity index (χ4n) is 4.88. The Morgan fingerprint density at radius 2 is 1.82 bits per heavy atom. The van der Waals surface area contributed by atoms with Crippen LogP contribution in [0.4, 0.5) is 0 Å². The molecule has 0 radical (unpaired) electrons. The molecule has 0 amide bonds. The number of fused-ring (bicyclic) bond motifs is 1. The number of methoxy groups -OCH3 is 1. The molecule has 0 unspecified atom stereocenters. The number of aryl methyl sites for hydroxylation is 1. The lowest BCUT2D eigenvalue weighted by Crippen LogP contribution is -2.21. The molecule has 2 aromatic rings. The van der Waals surface area contributed by atoms with Gasteiger partial charge in [0, 0.05) is 6.61 Å². The highest BCUT2D eigenvalue weighted by molar-refractivity contribution is 5.36. The topological polar surface area (TPSA) is 38.7 Å². The van der Waals surface area contributed by atoms with Crippen LogP contribution < -0.4 is 9.47 Å². The molecule has 0 saturated heterocycles. The molecule has 0 spiro atoms. The molecule has 4 rings (SSSR count). The molecule has 0 aliphatic heterocycles. The minimum Gasteiger partial charge on any atom is -0.497 e. The zero-order valence-electron chi connectivity index (χ0n) is 17.1. The third-order valence-electron chi connectivity index (χ3n) is 6.79. The predicted molar refractivity (Wildman–Crippen MR) is 112 cm³/mol. The van der Waals surface area contributed by atoms with Gasteiger partial charge in [0.05, 0.1) is 13.7 Å². The fraction of sp³-hybridized carbons (Fsp3) is 0.520. The molecular weight excluding hydrogens is 348 g/mol. The predicted octanol–water partition coefficient (Wildman–Crippen LogP) is 5.15. The SMILES string of the molecule is COc1ccc(OC[C@@H]2CCc3cc([C@H]4CC[C@](C)(CO)C4)ccc3C2)cc1. The first-order valence-corrected chi connectivity index (χ1v) is 10.6. The number of benzene rings is 2. The number of aliphatic hydroxyl groups excluding tert-OH is 1. The van der Waals surface area contributed by atoms with Crippen molar-refractivity contribution in [1.82, 2.24) is 0 Å². The van der Waals surface area contributed by atoms with Crippen molar-refractivity contribution < 1.29 is 14.6 Å². The van der Waals surface area contributed by atoms with Gasteiger partial charge in [-0.1, -0.05) is 25.1 Å². The number of ether oxygens (including phenoxy) is 2. The third kappa shape index (κ3) is 4.20. The van der Waals surface area contributed by atoms with Gasteiger partial charge in [0.15, 0.2) is 0 Å². The lowest BCUT2D eigenvalue weighted by molar-refractivity contribution is 0.147. The van der Waals surface area contributed by atoms with Gasteiger partial charge in [0.25, 0.3) is 0 Å². The summed E-state index contributed by atoms with van der Waals surface area (Å²) in [4.78, 5) is 0. The molecule has 28 heavy (non-hydrogen) atoms. The highest BCUT2D eigenvalue weighted by Crippen LogP contribution is 2.46. The van der Waals surface area contributed by atoms with E-state index in [1.165, 1.54) is 29.5 Å². The van der Waals surface area contributed by atoms with Crippen molar-refractivity contribution in [2.24, 2.45) is 11.3 Å². The Morgan fingerprint density at radius 1 is 1.04 bits per heavy atom. The van der Waals surface area contributed by atoms with Gasteiger partial charge in [-0.05, 0) is 96.7 Å². The maximum absolute atomic E-state index is 9.65. The fourth-order valence-corrected chi connectivity index (χ4v) is 4.88. The van der Waals surface area contributed by atoms with Crippen LogP contribution >= 0.6 is 0 Å². The van der Waals surface area contributed by atoms with Gasteiger partial charge < -0.3 is 14.6 Å². The molecule has 0 heterocycles. The van der Waals surface area contributed by atoms with Gasteiger partial charge in [-0.25, -0.2) is 0 Å². The summed E-state index contributed by atoms with van der Waals surface area (Å²) < 4.78 is 11.2. The van der Waals surface area contributed by atoms with Crippen molar-refractivity contribution in [2.75, 3.05) is 20.3 Å². The highest BCUT2D eigenvalue weighted by Gasteiger charge is 2.35. The Labute approximate surface area is 168 Å². The van der Waals surface area contributed by atoms with E-state index in [1.54, 1.807) is 7.11 Å². The standard InChI is InChI=1S/C25H32O3/c1-25(17-26)12-11-22(15-25)21-6-5-19-13-18(3-4-20(19)14-21)16-28-24-9-7-23(27-2)8-10-24/h5-10,14,18,22,26H,3-4,11-13,15-17H2,1-2H3/t18-,22+,25+/m1/s1. The van der Waals surface area contributed by atoms with Gasteiger partial charge in [0.1, 0.15) is 11.5 Å². The van der Waals surface area contributed by atoms with Crippen molar-refractivity contribution >= 4 is 0 Å². The van der Waals surface area contributed by atoms with E-state index in [1.807, 2.05) is 24.3 Å². The summed E-state index contributed by atoms with van der Waals surface area (Å²) in [5.41, 5.74) is 4.60. The lowest BCUT2D eigenvalue weighted by atomic mass is 9.81. The molecule has 3 heteroatoms. The van der Waals surface area contributed by atoms with E-state index < -0.39 is 0 Å². The van der Waals surface area contributed by atoms with Crippen molar-refractivity contribution in [2.45, 2.75) is 51.4 Å². The second kappa shape index (κ2) is 8.16. The van der Waals surface area contributed by atoms with Crippen LogP contribution in [0.15, 0.2) is 42.5 Å². The Balaban J connectivity index is 1.35. The van der Waals surface area contributed by atoms with E-state index in [0.29, 0.717) is 18.4 Å². The summed E-state index contributed by atoms with van der Waals surface area (Å²) in [5.74, 6) is 2.95. The average molecular weight is 381 g/mol. The van der Waals surface area contributed by atoms with Crippen LogP contribution in [0.2, 0.25) is 0 Å². The first-order valence-electron chi connectivity index (χ1n) is 10.6. The molecule has 150 valence electrons. The van der Waals surface area contributed by atoms with Gasteiger partial charge in [-0.3, -0.25) is 0 Å². The number of hydrogen-bond acceptors (Lipinski definition) is 3. The maximum Gasteiger partial charge on any atom is 0.119 e. The Morgan fingerprint density at radius 3 is 2.54 bits per heavy atom. The quantitative estimate of drug-likeness (QED) is 0.754. The molecule has 3 nitrogen and oxygen atoms in total. The van der Waals surface area contributed by atoms with Crippen molar-refractivity contribution in [3.63, 3.8) is 0 Å². The lowest BCUT2D eigenvalue weighted by Gasteiger charge is -2.26. The summed E-state index contributed by atoms with van der Waals surface area (Å²) >= 11 is 0. The van der Waals surface area contributed by atoms with Crippen LogP contribution in [0.25, 0.3) is 0 Å². The van der Waals surface area contributed by atoms with E-state index in [-0.39, 0.29) is 5.41 Å². The first kappa shape index (κ1) is 19.3. The van der Waals surface area contributed by atoms with Crippen LogP contribution in [-0.2, 0) is 12.8 Å². The molecule has 1 N–H and O–H groups in total. The van der Waals surface area contributed by atoms with E-state index in [2.05, 4.69) is 25.1 Å². The van der Waals surface area contributed by atoms with E-state index >= 15 is 0 Å². The summed E-state index contributed by atoms with van der Waals surface area (Å²) in [6.45, 7) is 3.30. The number of aliphatic hydroxyl groups is 1. The molecule has 2 aliphatic carbocycles. The molecule has 1 fully saturated rings. The van der Waals surface area contributed by atoms with Crippen molar-refractivity contribution in [3.8, 4) is 11.5 Å². The van der Waals surface area contributed by atoms with Gasteiger partial charge >= 0.3 is 0 Å².